The molecule has 18 heavy (non-hydrogen) atoms. The van der Waals surface area contributed by atoms with Crippen LogP contribution in [0.15, 0.2) is 28.7 Å². The molecule has 1 aromatic rings. The van der Waals surface area contributed by atoms with Gasteiger partial charge in [-0.1, -0.05) is 22.0 Å². The van der Waals surface area contributed by atoms with E-state index in [-0.39, 0.29) is 0 Å². The molecule has 0 amide bonds. The van der Waals surface area contributed by atoms with Gasteiger partial charge in [0.1, 0.15) is 0 Å². The molecule has 0 radical (unpaired) electrons. The van der Waals surface area contributed by atoms with Gasteiger partial charge in [-0.3, -0.25) is 4.90 Å². The van der Waals surface area contributed by atoms with Crippen LogP contribution in [0, 0.1) is 11.3 Å². The van der Waals surface area contributed by atoms with Gasteiger partial charge in [0.15, 0.2) is 0 Å². The SMILES string of the molecule is CC1CN(C)C(CC#N)CN1c1cccc(Br)c1. The molecule has 0 spiro atoms. The molecule has 3 nitrogen and oxygen atoms in total. The topological polar surface area (TPSA) is 30.3 Å². The molecule has 4 heteroatoms. The smallest absolute Gasteiger partial charge is 0.0638 e. The van der Waals surface area contributed by atoms with Crippen LogP contribution in [0.2, 0.25) is 0 Å². The fraction of sp³-hybridized carbons (Fsp3) is 0.500. The summed E-state index contributed by atoms with van der Waals surface area (Å²) in [4.78, 5) is 4.69. The van der Waals surface area contributed by atoms with Crippen molar-refractivity contribution in [2.45, 2.75) is 25.4 Å². The Kier molecular flexibility index (Phi) is 4.26. The lowest BCUT2D eigenvalue weighted by molar-refractivity contribution is 0.194. The first-order valence-electron chi connectivity index (χ1n) is 6.21. The lowest BCUT2D eigenvalue weighted by Crippen LogP contribution is -2.56. The van der Waals surface area contributed by atoms with Crippen LogP contribution in [0.4, 0.5) is 5.69 Å². The van der Waals surface area contributed by atoms with Crippen LogP contribution >= 0.6 is 15.9 Å². The largest absolute Gasteiger partial charge is 0.366 e. The summed E-state index contributed by atoms with van der Waals surface area (Å²) in [7, 11) is 2.11. The number of benzene rings is 1. The number of piperazine rings is 1. The van der Waals surface area contributed by atoms with Crippen molar-refractivity contribution in [3.05, 3.63) is 28.7 Å². The number of rotatable bonds is 2. The predicted molar refractivity (Wildman–Crippen MR) is 77.6 cm³/mol. The van der Waals surface area contributed by atoms with Gasteiger partial charge in [-0.05, 0) is 32.2 Å². The summed E-state index contributed by atoms with van der Waals surface area (Å²) >= 11 is 3.52. The van der Waals surface area contributed by atoms with Gasteiger partial charge in [0.2, 0.25) is 0 Å². The normalized spacial score (nSPS) is 24.9. The van der Waals surface area contributed by atoms with Crippen LogP contribution in [0.25, 0.3) is 0 Å². The number of nitriles is 1. The van der Waals surface area contributed by atoms with Crippen LogP contribution in [0.5, 0.6) is 0 Å². The maximum atomic E-state index is 8.90. The lowest BCUT2D eigenvalue weighted by atomic mass is 10.0. The fourth-order valence-electron chi connectivity index (χ4n) is 2.55. The zero-order valence-electron chi connectivity index (χ0n) is 10.8. The molecule has 0 saturated carbocycles. The predicted octanol–water partition coefficient (Wildman–Crippen LogP) is 2.87. The number of anilines is 1. The summed E-state index contributed by atoms with van der Waals surface area (Å²) in [6.45, 7) is 4.15. The molecule has 1 aliphatic heterocycles. The van der Waals surface area contributed by atoms with Gasteiger partial charge in [0.05, 0.1) is 12.5 Å². The average Bonchev–Trinajstić information content (AvgIpc) is 2.33. The first-order chi connectivity index (χ1) is 8.61. The van der Waals surface area contributed by atoms with E-state index >= 15 is 0 Å². The van der Waals surface area contributed by atoms with Crippen molar-refractivity contribution in [2.75, 3.05) is 25.0 Å². The molecule has 1 aliphatic rings. The minimum atomic E-state index is 0.324. The van der Waals surface area contributed by atoms with E-state index in [0.717, 1.165) is 17.6 Å². The second-order valence-electron chi connectivity index (χ2n) is 4.94. The highest BCUT2D eigenvalue weighted by molar-refractivity contribution is 9.10. The van der Waals surface area contributed by atoms with Gasteiger partial charge in [0, 0.05) is 35.3 Å². The van der Waals surface area contributed by atoms with Crippen LogP contribution in [-0.4, -0.2) is 37.1 Å². The van der Waals surface area contributed by atoms with E-state index in [1.165, 1.54) is 5.69 Å². The van der Waals surface area contributed by atoms with Gasteiger partial charge < -0.3 is 4.90 Å². The summed E-state index contributed by atoms with van der Waals surface area (Å²) < 4.78 is 1.10. The summed E-state index contributed by atoms with van der Waals surface area (Å²) in [5.74, 6) is 0. The number of nitrogens with zero attached hydrogens (tertiary/aromatic N) is 3. The molecular weight excluding hydrogens is 290 g/mol. The van der Waals surface area contributed by atoms with Crippen LogP contribution < -0.4 is 4.90 Å². The van der Waals surface area contributed by atoms with Gasteiger partial charge in [-0.25, -0.2) is 0 Å². The third kappa shape index (κ3) is 2.85. The Hall–Kier alpha value is -1.05. The molecule has 2 rings (SSSR count). The molecule has 0 bridgehead atoms. The van der Waals surface area contributed by atoms with E-state index in [9.17, 15) is 0 Å². The highest BCUT2D eigenvalue weighted by atomic mass is 79.9. The van der Waals surface area contributed by atoms with Crippen LogP contribution in [-0.2, 0) is 0 Å². The molecule has 1 heterocycles. The molecule has 0 aromatic heterocycles. The van der Waals surface area contributed by atoms with E-state index in [1.807, 2.05) is 6.07 Å². The minimum Gasteiger partial charge on any atom is -0.366 e. The summed E-state index contributed by atoms with van der Waals surface area (Å²) in [6.07, 6.45) is 0.591. The summed E-state index contributed by atoms with van der Waals surface area (Å²) in [6, 6.07) is 11.5. The lowest BCUT2D eigenvalue weighted by Gasteiger charge is -2.44. The highest BCUT2D eigenvalue weighted by Crippen LogP contribution is 2.26. The number of hydrogen-bond acceptors (Lipinski definition) is 3. The Labute approximate surface area is 117 Å². The number of halogens is 1. The highest BCUT2D eigenvalue weighted by Gasteiger charge is 2.29. The Morgan fingerprint density at radius 1 is 1.44 bits per heavy atom. The number of likely N-dealkylation sites (N-methyl/N-ethyl adjacent to an activating group) is 1. The van der Waals surface area contributed by atoms with Gasteiger partial charge >= 0.3 is 0 Å². The fourth-order valence-corrected chi connectivity index (χ4v) is 2.94. The second-order valence-corrected chi connectivity index (χ2v) is 5.85. The Bertz CT molecular complexity index is 455. The first kappa shape index (κ1) is 13.4. The van der Waals surface area contributed by atoms with E-state index in [1.54, 1.807) is 0 Å². The first-order valence-corrected chi connectivity index (χ1v) is 7.00. The van der Waals surface area contributed by atoms with E-state index in [2.05, 4.69) is 64.0 Å². The average molecular weight is 308 g/mol. The Morgan fingerprint density at radius 2 is 2.22 bits per heavy atom. The van der Waals surface area contributed by atoms with Gasteiger partial charge in [-0.15, -0.1) is 0 Å². The van der Waals surface area contributed by atoms with Gasteiger partial charge in [0.25, 0.3) is 0 Å². The Balaban J connectivity index is 2.19. The quantitative estimate of drug-likeness (QED) is 0.841. The van der Waals surface area contributed by atoms with Crippen molar-refractivity contribution in [1.29, 1.82) is 5.26 Å². The van der Waals surface area contributed by atoms with Crippen molar-refractivity contribution in [3.63, 3.8) is 0 Å². The molecular formula is C14H18BrN3. The van der Waals surface area contributed by atoms with E-state index in [0.29, 0.717) is 18.5 Å². The third-order valence-corrected chi connectivity index (χ3v) is 4.08. The molecule has 0 aliphatic carbocycles. The summed E-state index contributed by atoms with van der Waals surface area (Å²) in [5.41, 5.74) is 1.23. The summed E-state index contributed by atoms with van der Waals surface area (Å²) in [5, 5.41) is 8.90. The molecule has 1 aromatic carbocycles. The van der Waals surface area contributed by atoms with Crippen molar-refractivity contribution in [2.24, 2.45) is 0 Å². The molecule has 0 N–H and O–H groups in total. The molecule has 96 valence electrons. The zero-order valence-corrected chi connectivity index (χ0v) is 12.4. The van der Waals surface area contributed by atoms with E-state index in [4.69, 9.17) is 5.26 Å². The van der Waals surface area contributed by atoms with Crippen molar-refractivity contribution in [3.8, 4) is 6.07 Å². The maximum Gasteiger partial charge on any atom is 0.0638 e. The van der Waals surface area contributed by atoms with Crippen molar-refractivity contribution < 1.29 is 0 Å². The molecule has 2 unspecified atom stereocenters. The molecule has 2 atom stereocenters. The zero-order chi connectivity index (χ0) is 13.1. The van der Waals surface area contributed by atoms with Crippen LogP contribution in [0.1, 0.15) is 13.3 Å². The van der Waals surface area contributed by atoms with Crippen molar-refractivity contribution >= 4 is 21.6 Å². The maximum absolute atomic E-state index is 8.90. The number of hydrogen-bond donors (Lipinski definition) is 0. The minimum absolute atomic E-state index is 0.324. The van der Waals surface area contributed by atoms with Gasteiger partial charge in [-0.2, -0.15) is 5.26 Å². The third-order valence-electron chi connectivity index (χ3n) is 3.58. The monoisotopic (exact) mass is 307 g/mol. The van der Waals surface area contributed by atoms with Crippen LogP contribution in [0.3, 0.4) is 0 Å². The molecule has 1 fully saturated rings. The van der Waals surface area contributed by atoms with Crippen molar-refractivity contribution in [1.82, 2.24) is 4.90 Å². The second kappa shape index (κ2) is 5.73. The standard InChI is InChI=1S/C14H18BrN3/c1-11-9-17(2)14(6-7-16)10-18(11)13-5-3-4-12(15)8-13/h3-5,8,11,14H,6,9-10H2,1-2H3. The molecule has 1 saturated heterocycles. The Morgan fingerprint density at radius 3 is 2.89 bits per heavy atom. The van der Waals surface area contributed by atoms with E-state index < -0.39 is 0 Å².